The van der Waals surface area contributed by atoms with E-state index in [0.29, 0.717) is 5.95 Å². The maximum atomic E-state index is 6.38. The van der Waals surface area contributed by atoms with E-state index < -0.39 is 16.6 Å². The summed E-state index contributed by atoms with van der Waals surface area (Å²) >= 11 is 0. The summed E-state index contributed by atoms with van der Waals surface area (Å²) in [4.78, 5) is 0. The second-order valence-corrected chi connectivity index (χ2v) is 18.1. The van der Waals surface area contributed by atoms with Crippen molar-refractivity contribution in [3.05, 3.63) is 23.4 Å². The summed E-state index contributed by atoms with van der Waals surface area (Å²) in [7, 11) is -3.44. The van der Waals surface area contributed by atoms with Gasteiger partial charge in [-0.3, -0.25) is 0 Å². The second kappa shape index (κ2) is 7.47. The fourth-order valence-corrected chi connectivity index (χ4v) is 3.85. The van der Waals surface area contributed by atoms with E-state index >= 15 is 0 Å². The molecule has 0 atom stereocenters. The Hall–Kier alpha value is -0.686. The van der Waals surface area contributed by atoms with Crippen molar-refractivity contribution in [1.82, 2.24) is 0 Å². The van der Waals surface area contributed by atoms with Gasteiger partial charge in [-0.25, -0.2) is 0 Å². The quantitative estimate of drug-likeness (QED) is 0.435. The average Bonchev–Trinajstić information content (AvgIpc) is 2.47. The number of rotatable bonds is 5. The van der Waals surface area contributed by atoms with Crippen LogP contribution < -0.4 is 0 Å². The highest BCUT2D eigenvalue weighted by Gasteiger charge is 2.29. The Morgan fingerprint density at radius 1 is 0.957 bits per heavy atom. The van der Waals surface area contributed by atoms with Crippen LogP contribution in [0.3, 0.4) is 0 Å². The first kappa shape index (κ1) is 20.4. The van der Waals surface area contributed by atoms with Crippen molar-refractivity contribution >= 4 is 16.6 Å². The molecular weight excluding hydrogens is 320 g/mol. The molecule has 1 aliphatic carbocycles. The molecule has 1 aliphatic rings. The summed E-state index contributed by atoms with van der Waals surface area (Å²) in [5.74, 6) is 1.70. The van der Waals surface area contributed by atoms with Gasteiger partial charge in [-0.05, 0) is 91.8 Å². The van der Waals surface area contributed by atoms with E-state index in [4.69, 9.17) is 13.6 Å². The second-order valence-electron chi connectivity index (χ2n) is 9.22. The van der Waals surface area contributed by atoms with E-state index in [1.165, 1.54) is 6.42 Å². The number of hydrogen-bond acceptors (Lipinski definition) is 3. The van der Waals surface area contributed by atoms with Crippen LogP contribution in [-0.2, 0) is 13.6 Å². The SMILES string of the molecule is CC(C)(C)O/C(O[Si](C)(C)C)=C1\CCCCC=C1O[Si](C)(C)C. The van der Waals surface area contributed by atoms with Gasteiger partial charge in [-0.1, -0.05) is 0 Å². The predicted octanol–water partition coefficient (Wildman–Crippen LogP) is 6.17. The van der Waals surface area contributed by atoms with Crippen molar-refractivity contribution in [2.75, 3.05) is 0 Å². The van der Waals surface area contributed by atoms with E-state index in [2.05, 4.69) is 66.1 Å². The molecule has 23 heavy (non-hydrogen) atoms. The highest BCUT2D eigenvalue weighted by atomic mass is 28.4. The Bertz CT molecular complexity index is 442. The smallest absolute Gasteiger partial charge is 0.272 e. The minimum Gasteiger partial charge on any atom is -0.544 e. The molecule has 0 fully saturated rings. The van der Waals surface area contributed by atoms with Gasteiger partial charge in [-0.15, -0.1) is 0 Å². The van der Waals surface area contributed by atoms with Crippen LogP contribution in [0.25, 0.3) is 0 Å². The lowest BCUT2D eigenvalue weighted by atomic mass is 10.1. The summed E-state index contributed by atoms with van der Waals surface area (Å²) in [5, 5.41) is 0. The Morgan fingerprint density at radius 2 is 1.57 bits per heavy atom. The van der Waals surface area contributed by atoms with Crippen LogP contribution in [0.2, 0.25) is 39.3 Å². The topological polar surface area (TPSA) is 27.7 Å². The van der Waals surface area contributed by atoms with Gasteiger partial charge in [0.1, 0.15) is 11.4 Å². The molecule has 0 heterocycles. The van der Waals surface area contributed by atoms with Crippen molar-refractivity contribution in [3.8, 4) is 0 Å². The molecule has 0 aliphatic heterocycles. The molecule has 0 saturated carbocycles. The minimum absolute atomic E-state index is 0.279. The zero-order valence-electron chi connectivity index (χ0n) is 16.6. The fourth-order valence-electron chi connectivity index (χ4n) is 2.26. The standard InChI is InChI=1S/C18H36O3Si2/c1-18(2,3)19-17(21-23(7,8)9)15-13-11-10-12-14-16(15)20-22(4,5)6/h14H,10-13H2,1-9H3/b17-15-. The summed E-state index contributed by atoms with van der Waals surface area (Å²) in [6.07, 6.45) is 6.61. The molecule has 0 radical (unpaired) electrons. The molecule has 1 rings (SSSR count). The zero-order valence-corrected chi connectivity index (χ0v) is 18.6. The van der Waals surface area contributed by atoms with Gasteiger partial charge in [0.15, 0.2) is 0 Å². The molecule has 0 aromatic rings. The molecular formula is C18H36O3Si2. The van der Waals surface area contributed by atoms with E-state index in [1.807, 2.05) is 0 Å². The third-order valence-corrected chi connectivity index (χ3v) is 4.60. The maximum Gasteiger partial charge on any atom is 0.272 e. The fraction of sp³-hybridized carbons (Fsp3) is 0.778. The van der Waals surface area contributed by atoms with Crippen LogP contribution in [-0.4, -0.2) is 22.2 Å². The highest BCUT2D eigenvalue weighted by molar-refractivity contribution is 6.70. The lowest BCUT2D eigenvalue weighted by molar-refractivity contribution is -0.0117. The van der Waals surface area contributed by atoms with E-state index in [1.54, 1.807) is 0 Å². The van der Waals surface area contributed by atoms with Gasteiger partial charge in [-0.2, -0.15) is 0 Å². The summed E-state index contributed by atoms with van der Waals surface area (Å²) in [6.45, 7) is 19.5. The first-order chi connectivity index (χ1) is 10.3. The largest absolute Gasteiger partial charge is 0.544 e. The molecule has 134 valence electrons. The van der Waals surface area contributed by atoms with Gasteiger partial charge in [0.05, 0.1) is 5.57 Å². The normalized spacial score (nSPS) is 19.6. The molecule has 0 aromatic carbocycles. The van der Waals surface area contributed by atoms with Crippen LogP contribution in [0, 0.1) is 0 Å². The summed E-state index contributed by atoms with van der Waals surface area (Å²) < 4.78 is 19.0. The third-order valence-electron chi connectivity index (χ3n) is 2.97. The van der Waals surface area contributed by atoms with Crippen LogP contribution in [0.1, 0.15) is 46.5 Å². The molecule has 0 bridgehead atoms. The van der Waals surface area contributed by atoms with Crippen molar-refractivity contribution < 1.29 is 13.6 Å². The summed E-state index contributed by atoms with van der Waals surface area (Å²) in [5.41, 5.74) is 0.848. The van der Waals surface area contributed by atoms with Gasteiger partial charge < -0.3 is 13.6 Å². The zero-order chi connectivity index (χ0) is 17.9. The molecule has 0 unspecified atom stereocenters. The predicted molar refractivity (Wildman–Crippen MR) is 103 cm³/mol. The van der Waals surface area contributed by atoms with Crippen LogP contribution in [0.5, 0.6) is 0 Å². The molecule has 3 nitrogen and oxygen atoms in total. The monoisotopic (exact) mass is 356 g/mol. The third kappa shape index (κ3) is 8.65. The van der Waals surface area contributed by atoms with Crippen LogP contribution in [0.15, 0.2) is 23.4 Å². The Labute approximate surface area is 145 Å². The van der Waals surface area contributed by atoms with E-state index in [9.17, 15) is 0 Å². The Morgan fingerprint density at radius 3 is 2.04 bits per heavy atom. The average molecular weight is 357 g/mol. The molecule has 5 heteroatoms. The van der Waals surface area contributed by atoms with Crippen molar-refractivity contribution in [2.45, 2.75) is 91.3 Å². The number of ether oxygens (including phenoxy) is 1. The first-order valence-electron chi connectivity index (χ1n) is 8.78. The van der Waals surface area contributed by atoms with E-state index in [-0.39, 0.29) is 5.60 Å². The molecule has 0 saturated heterocycles. The van der Waals surface area contributed by atoms with Gasteiger partial charge >= 0.3 is 0 Å². The number of allylic oxidation sites excluding steroid dienone is 2. The first-order valence-corrected chi connectivity index (χ1v) is 15.6. The molecule has 0 amide bonds. The molecule has 0 spiro atoms. The van der Waals surface area contributed by atoms with Gasteiger partial charge in [0, 0.05) is 0 Å². The van der Waals surface area contributed by atoms with Crippen molar-refractivity contribution in [1.29, 1.82) is 0 Å². The van der Waals surface area contributed by atoms with Crippen molar-refractivity contribution in [2.24, 2.45) is 0 Å². The lowest BCUT2D eigenvalue weighted by Crippen LogP contribution is -2.31. The highest BCUT2D eigenvalue weighted by Crippen LogP contribution is 2.33. The summed E-state index contributed by atoms with van der Waals surface area (Å²) in [6, 6.07) is 0. The number of hydrogen-bond donors (Lipinski definition) is 0. The molecule has 0 aromatic heterocycles. The Balaban J connectivity index is 3.29. The maximum absolute atomic E-state index is 6.38. The van der Waals surface area contributed by atoms with Gasteiger partial charge in [0.2, 0.25) is 16.6 Å². The van der Waals surface area contributed by atoms with Gasteiger partial charge in [0.25, 0.3) is 5.95 Å². The van der Waals surface area contributed by atoms with Crippen LogP contribution >= 0.6 is 0 Å². The lowest BCUT2D eigenvalue weighted by Gasteiger charge is -2.31. The molecule has 0 N–H and O–H groups in total. The Kier molecular flexibility index (Phi) is 6.61. The van der Waals surface area contributed by atoms with E-state index in [0.717, 1.165) is 30.6 Å². The van der Waals surface area contributed by atoms with Crippen LogP contribution in [0.4, 0.5) is 0 Å². The minimum atomic E-state index is -1.76. The van der Waals surface area contributed by atoms with Crippen molar-refractivity contribution in [3.63, 3.8) is 0 Å².